The van der Waals surface area contributed by atoms with Crippen LogP contribution in [0.1, 0.15) is 35.7 Å². The Bertz CT molecular complexity index is 1030. The van der Waals surface area contributed by atoms with Crippen molar-refractivity contribution in [3.63, 3.8) is 0 Å². The van der Waals surface area contributed by atoms with Crippen molar-refractivity contribution < 1.29 is 9.53 Å². The summed E-state index contributed by atoms with van der Waals surface area (Å²) in [5.74, 6) is 0.985. The topological polar surface area (TPSA) is 80.2 Å². The number of ether oxygens (including phenoxy) is 1. The molecule has 1 aliphatic rings. The average Bonchev–Trinajstić information content (AvgIpc) is 2.85. The second kappa shape index (κ2) is 11.1. The molecule has 1 N–H and O–H groups in total. The van der Waals surface area contributed by atoms with Crippen LogP contribution < -0.4 is 5.32 Å². The van der Waals surface area contributed by atoms with E-state index in [-0.39, 0.29) is 18.6 Å². The molecule has 0 aliphatic carbocycles. The Balaban J connectivity index is 1.36. The van der Waals surface area contributed by atoms with Crippen LogP contribution in [-0.4, -0.2) is 52.6 Å². The van der Waals surface area contributed by atoms with Gasteiger partial charge in [-0.25, -0.2) is 9.97 Å². The van der Waals surface area contributed by atoms with Gasteiger partial charge < -0.3 is 10.1 Å². The molecule has 3 aromatic rings. The number of carbonyl (C=O) groups is 1. The van der Waals surface area contributed by atoms with E-state index in [1.54, 1.807) is 6.20 Å². The zero-order valence-electron chi connectivity index (χ0n) is 19.3. The molecule has 1 fully saturated rings. The molecule has 0 spiro atoms. The van der Waals surface area contributed by atoms with E-state index >= 15 is 0 Å². The molecule has 1 aliphatic heterocycles. The summed E-state index contributed by atoms with van der Waals surface area (Å²) in [6.07, 6.45) is 7.61. The monoisotopic (exact) mass is 445 g/mol. The van der Waals surface area contributed by atoms with Crippen molar-refractivity contribution >= 4 is 5.91 Å². The van der Waals surface area contributed by atoms with Crippen LogP contribution in [0.25, 0.3) is 11.4 Å². The first kappa shape index (κ1) is 23.0. The quantitative estimate of drug-likeness (QED) is 0.571. The van der Waals surface area contributed by atoms with Gasteiger partial charge in [0.05, 0.1) is 11.7 Å². The molecule has 3 heterocycles. The standard InChI is InChI=1S/C26H31N5O2/c1-19-7-3-4-8-22(19)26-28-15-20(16-29-26)17-31-13-10-21(11-14-31)25(30-24(32)18-33-2)23-9-5-6-12-27-23/h3-9,12,15-16,21,25H,10-11,13-14,17-18H2,1-2H3,(H,30,32)/t25-/m1/s1. The number of hydrogen-bond acceptors (Lipinski definition) is 6. The highest BCUT2D eigenvalue weighted by molar-refractivity contribution is 5.77. The number of pyridine rings is 1. The SMILES string of the molecule is COCC(=O)N[C@@H](c1ccccn1)C1CCN(Cc2cnc(-c3ccccc3C)nc2)CC1. The van der Waals surface area contributed by atoms with Gasteiger partial charge in [-0.15, -0.1) is 0 Å². The Morgan fingerprint density at radius 1 is 1.09 bits per heavy atom. The van der Waals surface area contributed by atoms with E-state index in [0.717, 1.165) is 55.1 Å². The number of aromatic nitrogens is 3. The highest BCUT2D eigenvalue weighted by atomic mass is 16.5. The van der Waals surface area contributed by atoms with E-state index in [1.165, 1.54) is 12.7 Å². The lowest BCUT2D eigenvalue weighted by Crippen LogP contribution is -2.41. The van der Waals surface area contributed by atoms with Crippen LogP contribution in [0.3, 0.4) is 0 Å². The molecule has 1 amide bonds. The summed E-state index contributed by atoms with van der Waals surface area (Å²) in [5.41, 5.74) is 4.26. The largest absolute Gasteiger partial charge is 0.375 e. The number of piperidine rings is 1. The van der Waals surface area contributed by atoms with Gasteiger partial charge in [-0.1, -0.05) is 30.3 Å². The molecule has 1 saturated heterocycles. The van der Waals surface area contributed by atoms with Gasteiger partial charge in [0.15, 0.2) is 5.82 Å². The van der Waals surface area contributed by atoms with Crippen LogP contribution >= 0.6 is 0 Å². The first-order valence-electron chi connectivity index (χ1n) is 11.4. The van der Waals surface area contributed by atoms with Gasteiger partial charge in [0.1, 0.15) is 6.61 Å². The van der Waals surface area contributed by atoms with E-state index in [1.807, 2.05) is 42.7 Å². The maximum absolute atomic E-state index is 12.2. The van der Waals surface area contributed by atoms with Crippen LogP contribution in [0.4, 0.5) is 0 Å². The molecule has 1 atom stereocenters. The number of likely N-dealkylation sites (tertiary alicyclic amines) is 1. The molecular formula is C26H31N5O2. The molecule has 7 heteroatoms. The van der Waals surface area contributed by atoms with Crippen LogP contribution in [-0.2, 0) is 16.1 Å². The Morgan fingerprint density at radius 2 is 1.82 bits per heavy atom. The molecule has 2 aromatic heterocycles. The third-order valence-corrected chi connectivity index (χ3v) is 6.20. The van der Waals surface area contributed by atoms with Crippen molar-refractivity contribution in [3.05, 3.63) is 77.9 Å². The number of methoxy groups -OCH3 is 1. The zero-order chi connectivity index (χ0) is 23.0. The zero-order valence-corrected chi connectivity index (χ0v) is 19.3. The molecule has 33 heavy (non-hydrogen) atoms. The second-order valence-corrected chi connectivity index (χ2v) is 8.58. The number of rotatable bonds is 8. The number of benzene rings is 1. The van der Waals surface area contributed by atoms with E-state index in [2.05, 4.69) is 44.2 Å². The second-order valence-electron chi connectivity index (χ2n) is 8.58. The average molecular weight is 446 g/mol. The summed E-state index contributed by atoms with van der Waals surface area (Å²) in [6.45, 7) is 4.86. The van der Waals surface area contributed by atoms with Gasteiger partial charge in [0.2, 0.25) is 5.91 Å². The first-order chi connectivity index (χ1) is 16.1. The summed E-state index contributed by atoms with van der Waals surface area (Å²) in [5, 5.41) is 3.13. The van der Waals surface area contributed by atoms with Gasteiger partial charge in [-0.3, -0.25) is 14.7 Å². The van der Waals surface area contributed by atoms with E-state index < -0.39 is 0 Å². The van der Waals surface area contributed by atoms with Gasteiger partial charge in [-0.05, 0) is 56.5 Å². The molecule has 1 aromatic carbocycles. The van der Waals surface area contributed by atoms with Crippen molar-refractivity contribution in [2.24, 2.45) is 5.92 Å². The molecule has 172 valence electrons. The fourth-order valence-corrected chi connectivity index (χ4v) is 4.44. The van der Waals surface area contributed by atoms with Crippen LogP contribution in [0, 0.1) is 12.8 Å². The molecule has 0 saturated carbocycles. The predicted octanol–water partition coefficient (Wildman–Crippen LogP) is 3.56. The maximum atomic E-state index is 12.2. The van der Waals surface area contributed by atoms with E-state index in [0.29, 0.717) is 5.92 Å². The highest BCUT2D eigenvalue weighted by Crippen LogP contribution is 2.30. The summed E-state index contributed by atoms with van der Waals surface area (Å²) in [4.78, 5) is 28.4. The minimum Gasteiger partial charge on any atom is -0.375 e. The lowest BCUT2D eigenvalue weighted by Gasteiger charge is -2.36. The van der Waals surface area contributed by atoms with Crippen molar-refractivity contribution in [2.45, 2.75) is 32.4 Å². The number of nitrogens with zero attached hydrogens (tertiary/aromatic N) is 4. The number of carbonyl (C=O) groups excluding carboxylic acids is 1. The van der Waals surface area contributed by atoms with Gasteiger partial charge >= 0.3 is 0 Å². The van der Waals surface area contributed by atoms with E-state index in [9.17, 15) is 4.79 Å². The summed E-state index contributed by atoms with van der Waals surface area (Å²) in [6, 6.07) is 13.9. The predicted molar refractivity (Wildman–Crippen MR) is 127 cm³/mol. The highest BCUT2D eigenvalue weighted by Gasteiger charge is 2.29. The Labute approximate surface area is 195 Å². The number of nitrogens with one attached hydrogen (secondary N) is 1. The third kappa shape index (κ3) is 6.00. The number of aryl methyl sites for hydroxylation is 1. The minimum atomic E-state index is -0.110. The van der Waals surface area contributed by atoms with Crippen LogP contribution in [0.2, 0.25) is 0 Å². The minimum absolute atomic E-state index is 0.0562. The summed E-state index contributed by atoms with van der Waals surface area (Å²) < 4.78 is 5.00. The van der Waals surface area contributed by atoms with Crippen LogP contribution in [0.5, 0.6) is 0 Å². The van der Waals surface area contributed by atoms with Crippen molar-refractivity contribution in [1.82, 2.24) is 25.2 Å². The Kier molecular flexibility index (Phi) is 7.75. The number of amides is 1. The van der Waals surface area contributed by atoms with Crippen molar-refractivity contribution in [2.75, 3.05) is 26.8 Å². The molecule has 0 bridgehead atoms. The fraction of sp³-hybridized carbons (Fsp3) is 0.385. The summed E-state index contributed by atoms with van der Waals surface area (Å²) >= 11 is 0. The number of hydrogen-bond donors (Lipinski definition) is 1. The molecule has 0 radical (unpaired) electrons. The third-order valence-electron chi connectivity index (χ3n) is 6.20. The first-order valence-corrected chi connectivity index (χ1v) is 11.4. The lowest BCUT2D eigenvalue weighted by molar-refractivity contribution is -0.126. The molecular weight excluding hydrogens is 414 g/mol. The summed E-state index contributed by atoms with van der Waals surface area (Å²) in [7, 11) is 1.53. The van der Waals surface area contributed by atoms with Gasteiger partial charge in [0.25, 0.3) is 0 Å². The molecule has 0 unspecified atom stereocenters. The van der Waals surface area contributed by atoms with Gasteiger partial charge in [-0.2, -0.15) is 0 Å². The van der Waals surface area contributed by atoms with Crippen molar-refractivity contribution in [1.29, 1.82) is 0 Å². The smallest absolute Gasteiger partial charge is 0.246 e. The Morgan fingerprint density at radius 3 is 2.48 bits per heavy atom. The molecule has 7 nitrogen and oxygen atoms in total. The lowest BCUT2D eigenvalue weighted by atomic mass is 9.87. The Hall–Kier alpha value is -3.16. The molecule has 4 rings (SSSR count). The van der Waals surface area contributed by atoms with Crippen molar-refractivity contribution in [3.8, 4) is 11.4 Å². The maximum Gasteiger partial charge on any atom is 0.246 e. The fourth-order valence-electron chi connectivity index (χ4n) is 4.44. The van der Waals surface area contributed by atoms with E-state index in [4.69, 9.17) is 4.74 Å². The van der Waals surface area contributed by atoms with Gasteiger partial charge in [0, 0.05) is 43.4 Å². The van der Waals surface area contributed by atoms with Crippen LogP contribution in [0.15, 0.2) is 61.1 Å². The normalized spacial score (nSPS) is 15.8.